The number of rotatable bonds is 7. The van der Waals surface area contributed by atoms with Crippen molar-refractivity contribution >= 4 is 39.0 Å². The van der Waals surface area contributed by atoms with Crippen LogP contribution in [0.4, 0.5) is 0 Å². The Morgan fingerprint density at radius 3 is 2.58 bits per heavy atom. The topological polar surface area (TPSA) is 169 Å². The Labute approximate surface area is 293 Å². The fraction of sp³-hybridized carbons (Fsp3) is 0.500. The number of benzene rings is 2. The van der Waals surface area contributed by atoms with Crippen LogP contribution in [0.3, 0.4) is 0 Å². The van der Waals surface area contributed by atoms with Gasteiger partial charge in [-0.1, -0.05) is 61.4 Å². The third kappa shape index (κ3) is 7.14. The lowest BCUT2D eigenvalue weighted by Crippen LogP contribution is -2.58. The van der Waals surface area contributed by atoms with Crippen LogP contribution in [0.2, 0.25) is 0 Å². The third-order valence-electron chi connectivity index (χ3n) is 9.94. The Morgan fingerprint density at radius 1 is 1.10 bits per heavy atom. The lowest BCUT2D eigenvalue weighted by atomic mass is 10.1. The summed E-state index contributed by atoms with van der Waals surface area (Å²) < 4.78 is 36.8. The number of hydrogen-bond donors (Lipinski definition) is 3. The number of aromatic nitrogens is 2. The van der Waals surface area contributed by atoms with E-state index >= 15 is 0 Å². The molecular formula is C36H47N7O6S. The lowest BCUT2D eigenvalue weighted by molar-refractivity contribution is -0.140. The predicted molar refractivity (Wildman–Crippen MR) is 190 cm³/mol. The van der Waals surface area contributed by atoms with Crippen molar-refractivity contribution in [2.24, 2.45) is 11.7 Å². The van der Waals surface area contributed by atoms with Gasteiger partial charge in [-0.25, -0.2) is 4.72 Å². The van der Waals surface area contributed by atoms with E-state index in [0.29, 0.717) is 12.4 Å². The van der Waals surface area contributed by atoms with Crippen molar-refractivity contribution < 1.29 is 27.5 Å². The molecule has 0 bridgehead atoms. The first-order valence-corrected chi connectivity index (χ1v) is 18.8. The van der Waals surface area contributed by atoms with E-state index < -0.39 is 51.7 Å². The van der Waals surface area contributed by atoms with E-state index in [9.17, 15) is 22.8 Å². The first kappa shape index (κ1) is 35.6. The van der Waals surface area contributed by atoms with Crippen molar-refractivity contribution in [2.75, 3.05) is 20.6 Å². The molecular weight excluding hydrogens is 659 g/mol. The summed E-state index contributed by atoms with van der Waals surface area (Å²) in [5.41, 5.74) is 8.67. The smallest absolute Gasteiger partial charge is 0.303 e. The Morgan fingerprint density at radius 2 is 1.86 bits per heavy atom. The molecule has 13 nitrogen and oxygen atoms in total. The second-order valence-electron chi connectivity index (χ2n) is 14.1. The second-order valence-corrected chi connectivity index (χ2v) is 16.0. The van der Waals surface area contributed by atoms with Crippen LogP contribution in [0.5, 0.6) is 6.01 Å². The summed E-state index contributed by atoms with van der Waals surface area (Å²) in [6.07, 6.45) is 7.33. The molecule has 4 N–H and O–H groups in total. The monoisotopic (exact) mass is 705 g/mol. The highest BCUT2D eigenvalue weighted by Crippen LogP contribution is 2.46. The van der Waals surface area contributed by atoms with Crippen molar-refractivity contribution in [3.8, 4) is 17.1 Å². The van der Waals surface area contributed by atoms with E-state index in [1.807, 2.05) is 73.0 Å². The molecule has 0 spiro atoms. The quantitative estimate of drug-likeness (QED) is 0.315. The first-order valence-electron chi connectivity index (χ1n) is 17.3. The van der Waals surface area contributed by atoms with Crippen LogP contribution in [0.1, 0.15) is 64.8 Å². The molecule has 3 amide bonds. The molecule has 50 heavy (non-hydrogen) atoms. The highest BCUT2D eigenvalue weighted by molar-refractivity contribution is 7.87. The van der Waals surface area contributed by atoms with Gasteiger partial charge in [0.2, 0.25) is 11.8 Å². The highest BCUT2D eigenvalue weighted by Gasteiger charge is 2.61. The molecule has 3 aliphatic rings. The molecule has 0 radical (unpaired) electrons. The molecule has 1 saturated heterocycles. The molecule has 3 heterocycles. The number of amides is 3. The van der Waals surface area contributed by atoms with Crippen molar-refractivity contribution in [1.29, 1.82) is 0 Å². The number of imidazole rings is 1. The van der Waals surface area contributed by atoms with E-state index in [-0.39, 0.29) is 31.3 Å². The molecule has 5 atom stereocenters. The van der Waals surface area contributed by atoms with E-state index in [2.05, 4.69) is 16.1 Å². The highest BCUT2D eigenvalue weighted by atomic mass is 32.2. The summed E-state index contributed by atoms with van der Waals surface area (Å²) in [5, 5.41) is 2.87. The first-order chi connectivity index (χ1) is 23.8. The van der Waals surface area contributed by atoms with Crippen LogP contribution in [0.25, 0.3) is 22.2 Å². The van der Waals surface area contributed by atoms with Gasteiger partial charge in [0.25, 0.3) is 11.9 Å². The van der Waals surface area contributed by atoms with Gasteiger partial charge in [0.05, 0.1) is 23.6 Å². The van der Waals surface area contributed by atoms with Crippen molar-refractivity contribution in [2.45, 2.75) is 88.6 Å². The average Bonchev–Trinajstić information content (AvgIpc) is 3.41. The second kappa shape index (κ2) is 14.2. The molecule has 268 valence electrons. The van der Waals surface area contributed by atoms with Crippen molar-refractivity contribution in [1.82, 2.24) is 28.8 Å². The summed E-state index contributed by atoms with van der Waals surface area (Å²) in [6.45, 7) is 4.17. The number of hydrogen-bond acceptors (Lipinski definition) is 8. The number of ether oxygens (including phenoxy) is 1. The minimum atomic E-state index is -4.11. The molecule has 1 saturated carbocycles. The van der Waals surface area contributed by atoms with E-state index in [0.717, 1.165) is 52.1 Å². The van der Waals surface area contributed by atoms with Gasteiger partial charge >= 0.3 is 10.2 Å². The number of nitrogens with one attached hydrogen (secondary N) is 2. The average molecular weight is 706 g/mol. The summed E-state index contributed by atoms with van der Waals surface area (Å²) in [6, 6.07) is 14.7. The standard InChI is InChI=1S/C36H47N7O6S/c1-23(2)43-30-18-17-25(24-13-9-8-10-14-24)19-29(30)38-35(43)49-27-20-31-32(44)39-36(34(46)40-50(47,48)41(3)4)21-26(36)15-11-6-5-7-12-16-28(37)33(45)42(31)22-27/h8-11,13-15,17-19,23,26-28,31H,5-7,12,16,20-22,37H2,1-4H3,(H,39,44)(H,40,46)/b15-11-/t26-,27+,28-,31-,36+/m0/s1. The number of allylic oxidation sites excluding steroid dienone is 1. The molecule has 2 aliphatic heterocycles. The van der Waals surface area contributed by atoms with Gasteiger partial charge in [-0.05, 0) is 62.8 Å². The SMILES string of the molecule is CC(C)n1c(O[C@@H]2C[C@H]3C(=O)N[C@]4(C(=O)NS(=O)(=O)N(C)C)C[C@@H]4/C=C\CCCCC[C@H](N)C(=O)N3C2)nc2cc(-c3ccccc3)ccc21. The maximum Gasteiger partial charge on any atom is 0.303 e. The number of carbonyl (C=O) groups excluding carboxylic acids is 3. The zero-order chi connectivity index (χ0) is 35.8. The summed E-state index contributed by atoms with van der Waals surface area (Å²) >= 11 is 0. The molecule has 2 fully saturated rings. The Hall–Kier alpha value is -4.27. The maximum atomic E-state index is 14.1. The fourth-order valence-corrected chi connectivity index (χ4v) is 7.58. The van der Waals surface area contributed by atoms with Crippen molar-refractivity contribution in [3.05, 3.63) is 60.7 Å². The third-order valence-corrected chi connectivity index (χ3v) is 11.3. The van der Waals surface area contributed by atoms with E-state index in [4.69, 9.17) is 15.5 Å². The van der Waals surface area contributed by atoms with Gasteiger partial charge < -0.3 is 20.7 Å². The molecule has 1 aromatic heterocycles. The number of nitrogens with zero attached hydrogens (tertiary/aromatic N) is 4. The lowest BCUT2D eigenvalue weighted by Gasteiger charge is -2.28. The Balaban J connectivity index is 1.30. The molecule has 14 heteroatoms. The normalized spacial score (nSPS) is 26.9. The minimum Gasteiger partial charge on any atom is -0.459 e. The van der Waals surface area contributed by atoms with Gasteiger partial charge in [0, 0.05) is 32.5 Å². The Kier molecular flexibility index (Phi) is 10.1. The van der Waals surface area contributed by atoms with Gasteiger partial charge in [0.15, 0.2) is 0 Å². The number of carbonyl (C=O) groups is 3. The summed E-state index contributed by atoms with van der Waals surface area (Å²) in [7, 11) is -1.48. The van der Waals surface area contributed by atoms with Crippen LogP contribution in [-0.2, 0) is 24.6 Å². The fourth-order valence-electron chi connectivity index (χ4n) is 6.98. The summed E-state index contributed by atoms with van der Waals surface area (Å²) in [5.74, 6) is -2.15. The predicted octanol–water partition coefficient (Wildman–Crippen LogP) is 3.28. The van der Waals surface area contributed by atoms with Gasteiger partial charge in [-0.15, -0.1) is 0 Å². The van der Waals surface area contributed by atoms with Crippen LogP contribution >= 0.6 is 0 Å². The van der Waals surface area contributed by atoms with Crippen molar-refractivity contribution in [3.63, 3.8) is 0 Å². The molecule has 0 unspecified atom stereocenters. The number of fused-ring (bicyclic) bond motifs is 3. The molecule has 6 rings (SSSR count). The largest absolute Gasteiger partial charge is 0.459 e. The molecule has 3 aromatic rings. The van der Waals surface area contributed by atoms with Gasteiger partial charge in [0.1, 0.15) is 17.7 Å². The van der Waals surface area contributed by atoms with Crippen LogP contribution in [0.15, 0.2) is 60.7 Å². The van der Waals surface area contributed by atoms with Crippen LogP contribution in [0, 0.1) is 5.92 Å². The molecule has 1 aliphatic carbocycles. The molecule has 2 aromatic carbocycles. The summed E-state index contributed by atoms with van der Waals surface area (Å²) in [4.78, 5) is 47.8. The minimum absolute atomic E-state index is 0.000499. The zero-order valence-electron chi connectivity index (χ0n) is 29.0. The van der Waals surface area contributed by atoms with Crippen LogP contribution in [-0.4, -0.2) is 89.3 Å². The van der Waals surface area contributed by atoms with Gasteiger partial charge in [-0.3, -0.25) is 19.0 Å². The Bertz CT molecular complexity index is 1890. The van der Waals surface area contributed by atoms with Gasteiger partial charge in [-0.2, -0.15) is 17.7 Å². The van der Waals surface area contributed by atoms with E-state index in [1.54, 1.807) is 0 Å². The number of nitrogens with two attached hydrogens (primary N) is 1. The zero-order valence-corrected chi connectivity index (χ0v) is 29.9. The maximum absolute atomic E-state index is 14.1. The van der Waals surface area contributed by atoms with E-state index in [1.165, 1.54) is 19.0 Å². The van der Waals surface area contributed by atoms with Crippen LogP contribution < -0.4 is 20.5 Å².